The maximum absolute atomic E-state index is 14.4. The second kappa shape index (κ2) is 9.43. The van der Waals surface area contributed by atoms with Crippen LogP contribution in [0.4, 0.5) is 17.5 Å². The fourth-order valence-electron chi connectivity index (χ4n) is 4.92. The van der Waals surface area contributed by atoms with Crippen LogP contribution in [0.2, 0.25) is 0 Å². The molecule has 0 unspecified atom stereocenters. The molecule has 4 aromatic heterocycles. The van der Waals surface area contributed by atoms with Gasteiger partial charge in [0.15, 0.2) is 0 Å². The number of hydrogen-bond donors (Lipinski definition) is 3. The summed E-state index contributed by atoms with van der Waals surface area (Å²) in [6.45, 7) is 11.4. The highest BCUT2D eigenvalue weighted by Crippen LogP contribution is 2.32. The van der Waals surface area contributed by atoms with Gasteiger partial charge in [0.1, 0.15) is 11.5 Å². The quantitative estimate of drug-likeness (QED) is 0.246. The molecule has 4 heterocycles. The van der Waals surface area contributed by atoms with Gasteiger partial charge < -0.3 is 16.0 Å². The zero-order chi connectivity index (χ0) is 27.1. The van der Waals surface area contributed by atoms with Gasteiger partial charge >= 0.3 is 0 Å². The van der Waals surface area contributed by atoms with E-state index in [1.54, 1.807) is 10.8 Å². The first-order chi connectivity index (χ1) is 18.9. The molecule has 0 saturated heterocycles. The number of aryl methyl sites for hydroxylation is 1. The van der Waals surface area contributed by atoms with Crippen molar-refractivity contribution in [2.45, 2.75) is 19.9 Å². The second-order valence-electron chi connectivity index (χ2n) is 9.40. The van der Waals surface area contributed by atoms with Gasteiger partial charge in [0.05, 0.1) is 18.0 Å². The van der Waals surface area contributed by atoms with E-state index in [9.17, 15) is 4.79 Å². The van der Waals surface area contributed by atoms with E-state index in [2.05, 4.69) is 30.1 Å². The molecule has 39 heavy (non-hydrogen) atoms. The van der Waals surface area contributed by atoms with Crippen molar-refractivity contribution in [2.24, 2.45) is 0 Å². The minimum Gasteiger partial charge on any atom is -0.371 e. The van der Waals surface area contributed by atoms with Crippen LogP contribution in [-0.4, -0.2) is 24.5 Å². The van der Waals surface area contributed by atoms with Crippen molar-refractivity contribution in [2.75, 3.05) is 11.1 Å². The molecule has 0 aliphatic rings. The molecule has 4 N–H and O–H groups in total. The van der Waals surface area contributed by atoms with Gasteiger partial charge in [-0.2, -0.15) is 0 Å². The first-order valence-corrected chi connectivity index (χ1v) is 12.4. The average Bonchev–Trinajstić information content (AvgIpc) is 3.41. The van der Waals surface area contributed by atoms with Crippen LogP contribution >= 0.6 is 0 Å². The average molecular weight is 513 g/mol. The summed E-state index contributed by atoms with van der Waals surface area (Å²) in [5.74, 6) is 0.372. The molecule has 190 valence electrons. The molecular formula is C30H24N8O. The predicted molar refractivity (Wildman–Crippen MR) is 154 cm³/mol. The third-order valence-corrected chi connectivity index (χ3v) is 6.75. The molecule has 6 aromatic rings. The van der Waals surface area contributed by atoms with Crippen molar-refractivity contribution in [1.29, 1.82) is 0 Å². The zero-order valence-electron chi connectivity index (χ0n) is 21.3. The number of aromatic nitrogens is 5. The molecular weight excluding hydrogens is 488 g/mol. The van der Waals surface area contributed by atoms with Crippen LogP contribution in [0, 0.1) is 13.5 Å². The number of H-pyrrole nitrogens is 1. The summed E-state index contributed by atoms with van der Waals surface area (Å²) in [5, 5.41) is 5.65. The molecule has 0 spiro atoms. The number of anilines is 2. The number of benzene rings is 2. The van der Waals surface area contributed by atoms with Gasteiger partial charge in [0, 0.05) is 40.9 Å². The Balaban J connectivity index is 1.59. The summed E-state index contributed by atoms with van der Waals surface area (Å²) in [4.78, 5) is 33.7. The number of hydrogen-bond acceptors (Lipinski definition) is 6. The number of aromatic amines is 1. The number of pyridine rings is 2. The molecule has 9 heteroatoms. The topological polar surface area (TPSA) is 119 Å². The standard InChI is InChI=1S/C30H24N8O/c1-17-6-4-8-22(12-17)38-25(18(2)36-28-24(32-3)16-35-30(31)37-28)14-19-7-5-9-23(26(19)29(38)39)21-13-20-10-11-33-27(20)34-15-21/h4-16,18H,1-2H3,(H,33,34)(H3,31,35,36,37)/t18-/m0/s1. The SMILES string of the molecule is [C-]#[N+]c1cnc(N)nc1N[C@@H](C)c1cc2cccc(-c3cnc4[nH]ccc4c3)c2c(=O)n1-c1cccc(C)c1. The van der Waals surface area contributed by atoms with Crippen molar-refractivity contribution in [3.05, 3.63) is 112 Å². The molecule has 2 aromatic carbocycles. The molecule has 6 rings (SSSR count). The summed E-state index contributed by atoms with van der Waals surface area (Å²) in [6.07, 6.45) is 5.02. The third kappa shape index (κ3) is 4.24. The number of nitrogen functional groups attached to an aromatic ring is 1. The van der Waals surface area contributed by atoms with Gasteiger partial charge in [0.2, 0.25) is 11.6 Å². The Morgan fingerprint density at radius 2 is 1.90 bits per heavy atom. The molecule has 0 saturated carbocycles. The lowest BCUT2D eigenvalue weighted by Gasteiger charge is -2.22. The normalized spacial score (nSPS) is 11.9. The smallest absolute Gasteiger partial charge is 0.263 e. The van der Waals surface area contributed by atoms with E-state index < -0.39 is 6.04 Å². The van der Waals surface area contributed by atoms with Gasteiger partial charge in [-0.15, -0.1) is 0 Å². The van der Waals surface area contributed by atoms with Crippen molar-refractivity contribution in [3.8, 4) is 16.8 Å². The Hall–Kier alpha value is -5.49. The number of nitrogens with one attached hydrogen (secondary N) is 2. The Bertz CT molecular complexity index is 1980. The predicted octanol–water partition coefficient (Wildman–Crippen LogP) is 5.94. The summed E-state index contributed by atoms with van der Waals surface area (Å²) in [7, 11) is 0. The first kappa shape index (κ1) is 23.9. The van der Waals surface area contributed by atoms with Crippen LogP contribution in [0.15, 0.2) is 84.0 Å². The van der Waals surface area contributed by atoms with E-state index in [0.29, 0.717) is 16.9 Å². The van der Waals surface area contributed by atoms with Crippen LogP contribution < -0.4 is 16.6 Å². The Labute approximate surface area is 223 Å². The lowest BCUT2D eigenvalue weighted by Crippen LogP contribution is -2.26. The van der Waals surface area contributed by atoms with Crippen molar-refractivity contribution in [3.63, 3.8) is 0 Å². The Kier molecular flexibility index (Phi) is 5.77. The monoisotopic (exact) mass is 512 g/mol. The van der Waals surface area contributed by atoms with E-state index in [0.717, 1.165) is 38.8 Å². The maximum Gasteiger partial charge on any atom is 0.263 e. The third-order valence-electron chi connectivity index (χ3n) is 6.75. The summed E-state index contributed by atoms with van der Waals surface area (Å²) in [6, 6.07) is 19.3. The van der Waals surface area contributed by atoms with Crippen molar-refractivity contribution in [1.82, 2.24) is 24.5 Å². The van der Waals surface area contributed by atoms with E-state index in [1.165, 1.54) is 6.20 Å². The highest BCUT2D eigenvalue weighted by molar-refractivity contribution is 5.98. The van der Waals surface area contributed by atoms with Crippen molar-refractivity contribution >= 4 is 39.3 Å². The zero-order valence-corrected chi connectivity index (χ0v) is 21.3. The van der Waals surface area contributed by atoms with Crippen LogP contribution in [0.25, 0.3) is 43.5 Å². The minimum absolute atomic E-state index is 0.0596. The highest BCUT2D eigenvalue weighted by atomic mass is 16.1. The largest absolute Gasteiger partial charge is 0.371 e. The molecule has 0 radical (unpaired) electrons. The van der Waals surface area contributed by atoms with Gasteiger partial charge in [-0.1, -0.05) is 30.3 Å². The van der Waals surface area contributed by atoms with E-state index >= 15 is 0 Å². The van der Waals surface area contributed by atoms with E-state index in [1.807, 2.05) is 80.7 Å². The van der Waals surface area contributed by atoms with E-state index in [-0.39, 0.29) is 17.2 Å². The Morgan fingerprint density at radius 1 is 1.05 bits per heavy atom. The molecule has 1 atom stereocenters. The summed E-state index contributed by atoms with van der Waals surface area (Å²) in [5.41, 5.74) is 10.8. The molecule has 0 bridgehead atoms. The molecule has 0 amide bonds. The minimum atomic E-state index is -0.404. The summed E-state index contributed by atoms with van der Waals surface area (Å²) < 4.78 is 1.72. The van der Waals surface area contributed by atoms with Gasteiger partial charge in [-0.3, -0.25) is 9.36 Å². The lowest BCUT2D eigenvalue weighted by atomic mass is 9.98. The van der Waals surface area contributed by atoms with Crippen LogP contribution in [-0.2, 0) is 0 Å². The number of fused-ring (bicyclic) bond motifs is 2. The molecule has 0 fully saturated rings. The molecule has 9 nitrogen and oxygen atoms in total. The Morgan fingerprint density at radius 3 is 2.72 bits per heavy atom. The van der Waals surface area contributed by atoms with Crippen LogP contribution in [0.1, 0.15) is 24.2 Å². The number of nitrogens with zero attached hydrogens (tertiary/aromatic N) is 5. The number of nitrogens with two attached hydrogens (primary N) is 1. The van der Waals surface area contributed by atoms with Gasteiger partial charge in [-0.05, 0) is 60.7 Å². The maximum atomic E-state index is 14.4. The molecule has 0 aliphatic carbocycles. The first-order valence-electron chi connectivity index (χ1n) is 12.4. The second-order valence-corrected chi connectivity index (χ2v) is 9.40. The van der Waals surface area contributed by atoms with Gasteiger partial charge in [0.25, 0.3) is 5.56 Å². The van der Waals surface area contributed by atoms with E-state index in [4.69, 9.17) is 12.3 Å². The van der Waals surface area contributed by atoms with Gasteiger partial charge in [-0.25, -0.2) is 19.8 Å². The number of rotatable bonds is 5. The van der Waals surface area contributed by atoms with Crippen molar-refractivity contribution < 1.29 is 0 Å². The highest BCUT2D eigenvalue weighted by Gasteiger charge is 2.20. The van der Waals surface area contributed by atoms with Crippen LogP contribution in [0.5, 0.6) is 0 Å². The summed E-state index contributed by atoms with van der Waals surface area (Å²) >= 11 is 0. The fraction of sp³-hybridized carbons (Fsp3) is 0.100. The lowest BCUT2D eigenvalue weighted by molar-refractivity contribution is 0.773. The van der Waals surface area contributed by atoms with Crippen LogP contribution in [0.3, 0.4) is 0 Å². The molecule has 0 aliphatic heterocycles. The fourth-order valence-corrected chi connectivity index (χ4v) is 4.92.